The third-order valence-corrected chi connectivity index (χ3v) is 2.66. The van der Waals surface area contributed by atoms with Crippen LogP contribution < -0.4 is 0 Å². The molecule has 0 aromatic heterocycles. The first kappa shape index (κ1) is 10.2. The molecule has 0 saturated heterocycles. The van der Waals surface area contributed by atoms with E-state index < -0.39 is 0 Å². The third-order valence-electron chi connectivity index (χ3n) is 2.66. The van der Waals surface area contributed by atoms with Crippen LogP contribution in [-0.4, -0.2) is 18.9 Å². The SMILES string of the molecule is CC(=O)OCC1(C=O)CCCCC1. The maximum absolute atomic E-state index is 10.9. The molecule has 13 heavy (non-hydrogen) atoms. The van der Waals surface area contributed by atoms with E-state index in [-0.39, 0.29) is 18.0 Å². The highest BCUT2D eigenvalue weighted by atomic mass is 16.5. The lowest BCUT2D eigenvalue weighted by Gasteiger charge is -2.30. The molecule has 3 heteroatoms. The molecule has 1 rings (SSSR count). The lowest BCUT2D eigenvalue weighted by Crippen LogP contribution is -2.32. The Morgan fingerprint density at radius 2 is 2.00 bits per heavy atom. The normalized spacial score (nSPS) is 20.7. The summed E-state index contributed by atoms with van der Waals surface area (Å²) in [5.41, 5.74) is -0.371. The van der Waals surface area contributed by atoms with Crippen LogP contribution in [0.4, 0.5) is 0 Å². The minimum Gasteiger partial charge on any atom is -0.465 e. The molecule has 0 spiro atoms. The van der Waals surface area contributed by atoms with E-state index in [0.29, 0.717) is 0 Å². The van der Waals surface area contributed by atoms with Gasteiger partial charge in [-0.15, -0.1) is 0 Å². The zero-order chi connectivity index (χ0) is 9.73. The molecular formula is C10H16O3. The van der Waals surface area contributed by atoms with Crippen molar-refractivity contribution < 1.29 is 14.3 Å². The molecule has 0 aliphatic heterocycles. The van der Waals surface area contributed by atoms with Gasteiger partial charge in [0, 0.05) is 6.92 Å². The molecule has 0 bridgehead atoms. The second-order valence-corrected chi connectivity index (χ2v) is 3.82. The Labute approximate surface area is 78.5 Å². The van der Waals surface area contributed by atoms with Crippen LogP contribution >= 0.6 is 0 Å². The fourth-order valence-electron chi connectivity index (χ4n) is 1.80. The molecule has 1 fully saturated rings. The van der Waals surface area contributed by atoms with E-state index in [1.165, 1.54) is 13.3 Å². The van der Waals surface area contributed by atoms with Crippen LogP contribution in [0.1, 0.15) is 39.0 Å². The van der Waals surface area contributed by atoms with Crippen molar-refractivity contribution in [3.63, 3.8) is 0 Å². The highest BCUT2D eigenvalue weighted by Crippen LogP contribution is 2.34. The van der Waals surface area contributed by atoms with Crippen molar-refractivity contribution in [3.8, 4) is 0 Å². The summed E-state index contributed by atoms with van der Waals surface area (Å²) in [6, 6.07) is 0. The highest BCUT2D eigenvalue weighted by molar-refractivity contribution is 5.67. The Hall–Kier alpha value is -0.860. The average molecular weight is 184 g/mol. The molecule has 1 saturated carbocycles. The molecule has 74 valence electrons. The molecule has 0 amide bonds. The van der Waals surface area contributed by atoms with Gasteiger partial charge in [-0.25, -0.2) is 0 Å². The van der Waals surface area contributed by atoms with Gasteiger partial charge < -0.3 is 9.53 Å². The molecule has 0 aromatic carbocycles. The van der Waals surface area contributed by atoms with E-state index in [0.717, 1.165) is 32.0 Å². The van der Waals surface area contributed by atoms with Crippen LogP contribution in [0.2, 0.25) is 0 Å². The third kappa shape index (κ3) is 2.83. The molecule has 1 aliphatic carbocycles. The predicted molar refractivity (Wildman–Crippen MR) is 48.2 cm³/mol. The van der Waals surface area contributed by atoms with Crippen molar-refractivity contribution >= 4 is 12.3 Å². The number of hydrogen-bond donors (Lipinski definition) is 0. The molecule has 0 heterocycles. The van der Waals surface area contributed by atoms with Gasteiger partial charge in [-0.05, 0) is 12.8 Å². The topological polar surface area (TPSA) is 43.4 Å². The average Bonchev–Trinajstić information content (AvgIpc) is 2.16. The second kappa shape index (κ2) is 4.40. The summed E-state index contributed by atoms with van der Waals surface area (Å²) in [4.78, 5) is 21.5. The molecule has 0 radical (unpaired) electrons. The van der Waals surface area contributed by atoms with Crippen molar-refractivity contribution in [2.75, 3.05) is 6.61 Å². The molecule has 0 atom stereocenters. The van der Waals surface area contributed by atoms with Gasteiger partial charge in [0.15, 0.2) is 0 Å². The molecule has 0 N–H and O–H groups in total. The molecular weight excluding hydrogens is 168 g/mol. The van der Waals surface area contributed by atoms with Crippen LogP contribution in [0.15, 0.2) is 0 Å². The fraction of sp³-hybridized carbons (Fsp3) is 0.800. The van der Waals surface area contributed by atoms with E-state index in [2.05, 4.69) is 0 Å². The van der Waals surface area contributed by atoms with Crippen molar-refractivity contribution in [1.82, 2.24) is 0 Å². The van der Waals surface area contributed by atoms with Crippen LogP contribution in [0.25, 0.3) is 0 Å². The quantitative estimate of drug-likeness (QED) is 0.495. The monoisotopic (exact) mass is 184 g/mol. The minimum absolute atomic E-state index is 0.270. The predicted octanol–water partition coefficient (Wildman–Crippen LogP) is 1.70. The number of carbonyl (C=O) groups excluding carboxylic acids is 2. The van der Waals surface area contributed by atoms with Gasteiger partial charge in [-0.2, -0.15) is 0 Å². The minimum atomic E-state index is -0.371. The summed E-state index contributed by atoms with van der Waals surface area (Å²) in [6.45, 7) is 1.65. The van der Waals surface area contributed by atoms with E-state index in [1.54, 1.807) is 0 Å². The standard InChI is InChI=1S/C10H16O3/c1-9(12)13-8-10(7-11)5-3-2-4-6-10/h7H,2-6,8H2,1H3. The highest BCUT2D eigenvalue weighted by Gasteiger charge is 2.32. The van der Waals surface area contributed by atoms with Crippen molar-refractivity contribution in [1.29, 1.82) is 0 Å². The number of carbonyl (C=O) groups is 2. The Morgan fingerprint density at radius 3 is 2.46 bits per heavy atom. The van der Waals surface area contributed by atoms with Gasteiger partial charge in [0.2, 0.25) is 0 Å². The van der Waals surface area contributed by atoms with E-state index in [1.807, 2.05) is 0 Å². The summed E-state index contributed by atoms with van der Waals surface area (Å²) in [5, 5.41) is 0. The largest absolute Gasteiger partial charge is 0.465 e. The number of hydrogen-bond acceptors (Lipinski definition) is 3. The summed E-state index contributed by atoms with van der Waals surface area (Å²) in [7, 11) is 0. The zero-order valence-electron chi connectivity index (χ0n) is 8.04. The van der Waals surface area contributed by atoms with Gasteiger partial charge in [-0.1, -0.05) is 19.3 Å². The number of rotatable bonds is 3. The first-order valence-corrected chi connectivity index (χ1v) is 4.78. The van der Waals surface area contributed by atoms with Crippen LogP contribution in [0.5, 0.6) is 0 Å². The Bertz CT molecular complexity index is 192. The van der Waals surface area contributed by atoms with Crippen LogP contribution in [-0.2, 0) is 14.3 Å². The van der Waals surface area contributed by atoms with Crippen LogP contribution in [0.3, 0.4) is 0 Å². The summed E-state index contributed by atoms with van der Waals surface area (Å²) < 4.78 is 4.91. The Morgan fingerprint density at radius 1 is 1.38 bits per heavy atom. The maximum Gasteiger partial charge on any atom is 0.302 e. The Kier molecular flexibility index (Phi) is 3.46. The first-order chi connectivity index (χ1) is 6.18. The first-order valence-electron chi connectivity index (χ1n) is 4.78. The number of esters is 1. The van der Waals surface area contributed by atoms with Gasteiger partial charge in [0.1, 0.15) is 12.9 Å². The smallest absolute Gasteiger partial charge is 0.302 e. The van der Waals surface area contributed by atoms with E-state index in [9.17, 15) is 9.59 Å². The summed E-state index contributed by atoms with van der Waals surface area (Å²) in [6.07, 6.45) is 6.03. The van der Waals surface area contributed by atoms with E-state index >= 15 is 0 Å². The van der Waals surface area contributed by atoms with E-state index in [4.69, 9.17) is 4.74 Å². The van der Waals surface area contributed by atoms with Crippen molar-refractivity contribution in [2.24, 2.45) is 5.41 Å². The van der Waals surface area contributed by atoms with Gasteiger partial charge in [0.05, 0.1) is 5.41 Å². The fourth-order valence-corrected chi connectivity index (χ4v) is 1.80. The van der Waals surface area contributed by atoms with Gasteiger partial charge >= 0.3 is 5.97 Å². The summed E-state index contributed by atoms with van der Waals surface area (Å²) >= 11 is 0. The van der Waals surface area contributed by atoms with Gasteiger partial charge in [0.25, 0.3) is 0 Å². The van der Waals surface area contributed by atoms with Gasteiger partial charge in [-0.3, -0.25) is 4.79 Å². The van der Waals surface area contributed by atoms with Crippen LogP contribution in [0, 0.1) is 5.41 Å². The molecule has 3 nitrogen and oxygen atoms in total. The number of ether oxygens (including phenoxy) is 1. The Balaban J connectivity index is 2.47. The lowest BCUT2D eigenvalue weighted by molar-refractivity contribution is -0.146. The summed E-state index contributed by atoms with van der Waals surface area (Å²) in [5.74, 6) is -0.299. The molecule has 0 unspecified atom stereocenters. The second-order valence-electron chi connectivity index (χ2n) is 3.82. The molecule has 0 aromatic rings. The van der Waals surface area contributed by atoms with Crippen molar-refractivity contribution in [3.05, 3.63) is 0 Å². The lowest BCUT2D eigenvalue weighted by atomic mass is 9.76. The zero-order valence-corrected chi connectivity index (χ0v) is 8.04. The maximum atomic E-state index is 10.9. The van der Waals surface area contributed by atoms with Crippen molar-refractivity contribution in [2.45, 2.75) is 39.0 Å². The molecule has 1 aliphatic rings. The number of aldehydes is 1.